The van der Waals surface area contributed by atoms with Crippen molar-refractivity contribution in [3.63, 3.8) is 0 Å². The predicted molar refractivity (Wildman–Crippen MR) is 136 cm³/mol. The number of nitrogens with zero attached hydrogens (tertiary/aromatic N) is 3. The average molecular weight is 551 g/mol. The molecule has 10 heteroatoms. The van der Waals surface area contributed by atoms with Crippen LogP contribution in [0.5, 0.6) is 11.6 Å². The quantitative estimate of drug-likeness (QED) is 0.194. The fraction of sp³-hybridized carbons (Fsp3) is 0.0400. The highest BCUT2D eigenvalue weighted by atomic mass is 79.9. The molecular formula is C25H17BrClN5O3. The standard InChI is InChI=1S/C25H17BrClN5O3/c26-16-7-10-20-18(11-16)23(25(34)28-20)31-32-24(33)22-12-21(29-30-22)14-5-8-17(9-6-14)35-13-15-3-1-2-4-19(15)27/h1-12,28,34H,13H2,(H,29,30). The number of halogens is 2. The van der Waals surface area contributed by atoms with Gasteiger partial charge in [-0.3, -0.25) is 9.89 Å². The van der Waals surface area contributed by atoms with Crippen LogP contribution in [0.1, 0.15) is 16.1 Å². The normalized spacial score (nSPS) is 11.4. The largest absolute Gasteiger partial charge is 0.493 e. The molecular weight excluding hydrogens is 534 g/mol. The lowest BCUT2D eigenvalue weighted by Crippen LogP contribution is -1.95. The predicted octanol–water partition coefficient (Wildman–Crippen LogP) is 7.18. The van der Waals surface area contributed by atoms with Gasteiger partial charge in [0, 0.05) is 26.0 Å². The Kier molecular flexibility index (Phi) is 6.35. The van der Waals surface area contributed by atoms with Gasteiger partial charge >= 0.3 is 5.91 Å². The van der Waals surface area contributed by atoms with Gasteiger partial charge in [-0.15, -0.1) is 10.2 Å². The van der Waals surface area contributed by atoms with Crippen LogP contribution in [0, 0.1) is 0 Å². The molecule has 35 heavy (non-hydrogen) atoms. The van der Waals surface area contributed by atoms with Crippen molar-refractivity contribution in [2.24, 2.45) is 10.2 Å². The highest BCUT2D eigenvalue weighted by Crippen LogP contribution is 2.37. The highest BCUT2D eigenvalue weighted by molar-refractivity contribution is 9.10. The molecule has 2 heterocycles. The van der Waals surface area contributed by atoms with E-state index in [1.54, 1.807) is 18.2 Å². The van der Waals surface area contributed by atoms with Crippen molar-refractivity contribution >= 4 is 50.0 Å². The van der Waals surface area contributed by atoms with E-state index in [9.17, 15) is 9.90 Å². The summed E-state index contributed by atoms with van der Waals surface area (Å²) in [4.78, 5) is 15.3. The first kappa shape index (κ1) is 22.8. The molecule has 2 aromatic heterocycles. The molecule has 3 N–H and O–H groups in total. The molecule has 174 valence electrons. The van der Waals surface area contributed by atoms with Gasteiger partial charge in [0.15, 0.2) is 5.69 Å². The summed E-state index contributed by atoms with van der Waals surface area (Å²) in [7, 11) is 0. The number of carbonyl (C=O) groups is 1. The molecule has 5 aromatic rings. The van der Waals surface area contributed by atoms with E-state index in [0.29, 0.717) is 34.0 Å². The van der Waals surface area contributed by atoms with Gasteiger partial charge in [-0.25, -0.2) is 0 Å². The number of ether oxygens (including phenoxy) is 1. The second-order valence-electron chi connectivity index (χ2n) is 7.59. The second-order valence-corrected chi connectivity index (χ2v) is 8.91. The lowest BCUT2D eigenvalue weighted by atomic mass is 10.1. The van der Waals surface area contributed by atoms with Crippen molar-refractivity contribution in [2.75, 3.05) is 0 Å². The molecule has 0 aliphatic carbocycles. The number of amides is 1. The Bertz CT molecular complexity index is 1560. The number of hydrogen-bond acceptors (Lipinski definition) is 5. The Balaban J connectivity index is 1.27. The van der Waals surface area contributed by atoms with Crippen molar-refractivity contribution in [1.82, 2.24) is 15.2 Å². The van der Waals surface area contributed by atoms with E-state index >= 15 is 0 Å². The van der Waals surface area contributed by atoms with E-state index in [0.717, 1.165) is 15.6 Å². The van der Waals surface area contributed by atoms with Gasteiger partial charge < -0.3 is 14.8 Å². The molecule has 0 spiro atoms. The first-order chi connectivity index (χ1) is 17.0. The Morgan fingerprint density at radius 1 is 1.09 bits per heavy atom. The van der Waals surface area contributed by atoms with E-state index in [1.807, 2.05) is 54.6 Å². The van der Waals surface area contributed by atoms with Crippen LogP contribution < -0.4 is 4.74 Å². The summed E-state index contributed by atoms with van der Waals surface area (Å²) in [5.74, 6) is -0.108. The van der Waals surface area contributed by atoms with Crippen LogP contribution in [0.4, 0.5) is 5.69 Å². The van der Waals surface area contributed by atoms with Crippen LogP contribution >= 0.6 is 27.5 Å². The number of aromatic hydroxyl groups is 1. The Labute approximate surface area is 212 Å². The zero-order valence-corrected chi connectivity index (χ0v) is 20.3. The minimum absolute atomic E-state index is 0.170. The van der Waals surface area contributed by atoms with Crippen LogP contribution in [0.15, 0.2) is 87.5 Å². The molecule has 0 saturated carbocycles. The number of rotatable bonds is 6. The molecule has 8 nitrogen and oxygen atoms in total. The number of carbonyl (C=O) groups excluding carboxylic acids is 1. The maximum Gasteiger partial charge on any atom is 0.313 e. The third kappa shape index (κ3) is 4.96. The summed E-state index contributed by atoms with van der Waals surface area (Å²) < 4.78 is 6.61. The number of fused-ring (bicyclic) bond motifs is 1. The molecule has 0 unspecified atom stereocenters. The Morgan fingerprint density at radius 3 is 2.69 bits per heavy atom. The molecule has 0 aliphatic rings. The number of benzene rings is 3. The number of aromatic amines is 2. The molecule has 0 saturated heterocycles. The van der Waals surface area contributed by atoms with E-state index in [1.165, 1.54) is 0 Å². The summed E-state index contributed by atoms with van der Waals surface area (Å²) in [5.41, 5.74) is 3.29. The molecule has 0 bridgehead atoms. The van der Waals surface area contributed by atoms with Crippen LogP contribution in [0.25, 0.3) is 22.2 Å². The number of nitrogens with one attached hydrogen (secondary N) is 2. The molecule has 3 aromatic carbocycles. The van der Waals surface area contributed by atoms with E-state index in [-0.39, 0.29) is 17.3 Å². The van der Waals surface area contributed by atoms with Crippen LogP contribution in [0.3, 0.4) is 0 Å². The monoisotopic (exact) mass is 549 g/mol. The van der Waals surface area contributed by atoms with E-state index in [4.69, 9.17) is 16.3 Å². The van der Waals surface area contributed by atoms with Crippen LogP contribution in [-0.4, -0.2) is 26.2 Å². The molecule has 0 radical (unpaired) electrons. The fourth-order valence-corrected chi connectivity index (χ4v) is 4.02. The fourth-order valence-electron chi connectivity index (χ4n) is 3.46. The summed E-state index contributed by atoms with van der Waals surface area (Å²) in [6, 6.07) is 21.8. The first-order valence-corrected chi connectivity index (χ1v) is 11.6. The third-order valence-corrected chi connectivity index (χ3v) is 6.13. The lowest BCUT2D eigenvalue weighted by molar-refractivity contribution is 0.0990. The Morgan fingerprint density at radius 2 is 1.89 bits per heavy atom. The van der Waals surface area contributed by atoms with E-state index in [2.05, 4.69) is 41.3 Å². The second kappa shape index (κ2) is 9.73. The van der Waals surface area contributed by atoms with E-state index < -0.39 is 5.91 Å². The van der Waals surface area contributed by atoms with Crippen LogP contribution in [0.2, 0.25) is 5.02 Å². The van der Waals surface area contributed by atoms with Gasteiger partial charge in [0.1, 0.15) is 18.1 Å². The molecule has 1 amide bonds. The van der Waals surface area contributed by atoms with Crippen LogP contribution in [-0.2, 0) is 6.61 Å². The molecule has 0 aliphatic heterocycles. The van der Waals surface area contributed by atoms with Gasteiger partial charge in [-0.2, -0.15) is 5.10 Å². The zero-order chi connectivity index (χ0) is 24.4. The topological polar surface area (TPSA) is 116 Å². The molecule has 5 rings (SSSR count). The average Bonchev–Trinajstić information content (AvgIpc) is 3.47. The Hall–Kier alpha value is -3.95. The SMILES string of the molecule is O=C(N=Nc1c(O)[nH]c2ccc(Br)cc12)c1cc(-c2ccc(OCc3ccccc3Cl)cc2)n[nH]1. The lowest BCUT2D eigenvalue weighted by Gasteiger charge is -2.08. The number of H-pyrrole nitrogens is 2. The maximum absolute atomic E-state index is 12.5. The van der Waals surface area contributed by atoms with Gasteiger partial charge in [-0.05, 0) is 54.6 Å². The van der Waals surface area contributed by atoms with Crippen molar-refractivity contribution in [1.29, 1.82) is 0 Å². The summed E-state index contributed by atoms with van der Waals surface area (Å²) in [6.45, 7) is 0.355. The number of hydrogen-bond donors (Lipinski definition) is 3. The van der Waals surface area contributed by atoms with Crippen molar-refractivity contribution in [3.8, 4) is 22.9 Å². The van der Waals surface area contributed by atoms with Gasteiger partial charge in [0.05, 0.1) is 11.2 Å². The maximum atomic E-state index is 12.5. The van der Waals surface area contributed by atoms with Gasteiger partial charge in [0.25, 0.3) is 0 Å². The summed E-state index contributed by atoms with van der Waals surface area (Å²) >= 11 is 9.55. The minimum atomic E-state index is -0.618. The van der Waals surface area contributed by atoms with Crippen molar-refractivity contribution in [3.05, 3.63) is 93.5 Å². The molecule has 0 fully saturated rings. The van der Waals surface area contributed by atoms with Crippen molar-refractivity contribution < 1.29 is 14.6 Å². The minimum Gasteiger partial charge on any atom is -0.493 e. The highest BCUT2D eigenvalue weighted by Gasteiger charge is 2.14. The summed E-state index contributed by atoms with van der Waals surface area (Å²) in [5, 5.41) is 26.0. The molecule has 0 atom stereocenters. The van der Waals surface area contributed by atoms with Gasteiger partial charge in [0.2, 0.25) is 5.88 Å². The van der Waals surface area contributed by atoms with Gasteiger partial charge in [-0.1, -0.05) is 45.7 Å². The summed E-state index contributed by atoms with van der Waals surface area (Å²) in [6.07, 6.45) is 0. The third-order valence-electron chi connectivity index (χ3n) is 5.27. The van der Waals surface area contributed by atoms with Crippen molar-refractivity contribution in [2.45, 2.75) is 6.61 Å². The first-order valence-electron chi connectivity index (χ1n) is 10.5. The smallest absolute Gasteiger partial charge is 0.313 e. The number of azo groups is 1. The zero-order valence-electron chi connectivity index (χ0n) is 18.0. The number of aromatic nitrogens is 3.